The van der Waals surface area contributed by atoms with Crippen molar-refractivity contribution in [3.8, 4) is 5.75 Å². The standard InChI is InChI=1S/C14H9NO5S/c15-12-10(20-21(18)19)6-5-9-11(12)14(17)8-4-2-1-3-7(8)13(9)16/h1-6,21H,15H2. The third kappa shape index (κ3) is 1.98. The molecule has 0 aliphatic heterocycles. The van der Waals surface area contributed by atoms with Crippen LogP contribution in [0.3, 0.4) is 0 Å². The van der Waals surface area contributed by atoms with Gasteiger partial charge < -0.3 is 9.92 Å². The van der Waals surface area contributed by atoms with Gasteiger partial charge in [0.2, 0.25) is 0 Å². The van der Waals surface area contributed by atoms with Crippen LogP contribution in [0, 0.1) is 0 Å². The van der Waals surface area contributed by atoms with Crippen LogP contribution in [0.15, 0.2) is 36.4 Å². The van der Waals surface area contributed by atoms with Crippen molar-refractivity contribution in [2.45, 2.75) is 0 Å². The summed E-state index contributed by atoms with van der Waals surface area (Å²) in [5, 5.41) is 0. The Balaban J connectivity index is 2.26. The number of hydrogen-bond acceptors (Lipinski definition) is 6. The first kappa shape index (κ1) is 13.3. The minimum absolute atomic E-state index is 0.0203. The molecule has 0 saturated carbocycles. The summed E-state index contributed by atoms with van der Waals surface area (Å²) in [4.78, 5) is 24.8. The van der Waals surface area contributed by atoms with E-state index in [2.05, 4.69) is 4.18 Å². The molecule has 2 N–H and O–H groups in total. The second-order valence-electron chi connectivity index (χ2n) is 4.42. The second kappa shape index (κ2) is 4.71. The topological polar surface area (TPSA) is 104 Å². The predicted octanol–water partition coefficient (Wildman–Crippen LogP) is 0.949. The summed E-state index contributed by atoms with van der Waals surface area (Å²) in [6, 6.07) is 9.00. The van der Waals surface area contributed by atoms with Gasteiger partial charge >= 0.3 is 0 Å². The van der Waals surface area contributed by atoms with Crippen molar-refractivity contribution in [1.29, 1.82) is 0 Å². The van der Waals surface area contributed by atoms with E-state index in [-0.39, 0.29) is 33.9 Å². The minimum atomic E-state index is -3.16. The smallest absolute Gasteiger partial charge is 0.299 e. The van der Waals surface area contributed by atoms with Crippen molar-refractivity contribution in [2.24, 2.45) is 0 Å². The van der Waals surface area contributed by atoms with Crippen molar-refractivity contribution < 1.29 is 22.2 Å². The summed E-state index contributed by atoms with van der Waals surface area (Å²) in [7, 11) is -3.16. The number of nitrogen functional groups attached to an aromatic ring is 1. The number of ketones is 2. The van der Waals surface area contributed by atoms with E-state index in [9.17, 15) is 18.0 Å². The Morgan fingerprint density at radius 1 is 0.857 bits per heavy atom. The highest BCUT2D eigenvalue weighted by Gasteiger charge is 2.32. The van der Waals surface area contributed by atoms with Gasteiger partial charge in [-0.2, -0.15) is 8.42 Å². The number of anilines is 1. The number of benzene rings is 2. The third-order valence-corrected chi connectivity index (χ3v) is 3.61. The Kier molecular flexibility index (Phi) is 2.99. The van der Waals surface area contributed by atoms with Crippen LogP contribution in [0.2, 0.25) is 0 Å². The molecule has 0 heterocycles. The zero-order valence-electron chi connectivity index (χ0n) is 10.5. The monoisotopic (exact) mass is 303 g/mol. The van der Waals surface area contributed by atoms with Crippen molar-refractivity contribution in [3.05, 3.63) is 58.7 Å². The maximum atomic E-state index is 12.5. The molecule has 0 radical (unpaired) electrons. The van der Waals surface area contributed by atoms with E-state index in [0.29, 0.717) is 5.56 Å². The van der Waals surface area contributed by atoms with E-state index < -0.39 is 16.8 Å². The van der Waals surface area contributed by atoms with Crippen molar-refractivity contribution in [1.82, 2.24) is 0 Å². The maximum absolute atomic E-state index is 12.5. The Hall–Kier alpha value is -2.67. The first-order valence-corrected chi connectivity index (χ1v) is 7.03. The number of thiol groups is 1. The minimum Gasteiger partial charge on any atom is -0.395 e. The second-order valence-corrected chi connectivity index (χ2v) is 5.05. The van der Waals surface area contributed by atoms with Gasteiger partial charge in [0.15, 0.2) is 17.3 Å². The molecule has 7 heteroatoms. The quantitative estimate of drug-likeness (QED) is 0.539. The van der Waals surface area contributed by atoms with Crippen LogP contribution in [0.5, 0.6) is 5.75 Å². The number of carbonyl (C=O) groups excluding carboxylic acids is 2. The van der Waals surface area contributed by atoms with E-state index in [1.807, 2.05) is 0 Å². The molecule has 0 fully saturated rings. The Bertz CT molecular complexity index is 862. The molecule has 0 bridgehead atoms. The van der Waals surface area contributed by atoms with Crippen molar-refractivity contribution >= 4 is 28.2 Å². The molecule has 0 amide bonds. The molecule has 0 atom stereocenters. The summed E-state index contributed by atoms with van der Waals surface area (Å²) in [6.45, 7) is 0. The van der Waals surface area contributed by atoms with E-state index in [4.69, 9.17) is 5.73 Å². The molecule has 2 aromatic carbocycles. The van der Waals surface area contributed by atoms with Crippen LogP contribution in [-0.2, 0) is 11.0 Å². The molecule has 3 rings (SSSR count). The molecule has 0 unspecified atom stereocenters. The molecule has 1 aliphatic carbocycles. The Labute approximate surface area is 121 Å². The highest BCUT2D eigenvalue weighted by atomic mass is 32.2. The van der Waals surface area contributed by atoms with Crippen LogP contribution in [0.1, 0.15) is 31.8 Å². The maximum Gasteiger partial charge on any atom is 0.299 e. The molecule has 1 aliphatic rings. The molecule has 0 aromatic heterocycles. The van der Waals surface area contributed by atoms with Crippen LogP contribution in [0.25, 0.3) is 0 Å². The van der Waals surface area contributed by atoms with Gasteiger partial charge in [0, 0.05) is 16.7 Å². The summed E-state index contributed by atoms with van der Waals surface area (Å²) in [5.41, 5.74) is 6.31. The lowest BCUT2D eigenvalue weighted by Gasteiger charge is -2.19. The number of nitrogens with two attached hydrogens (primary N) is 1. The SMILES string of the molecule is Nc1c(O[SH](=O)=O)ccc2c1C(=O)c1ccccc1C2=O. The van der Waals surface area contributed by atoms with Gasteiger partial charge in [-0.15, -0.1) is 0 Å². The number of fused-ring (bicyclic) bond motifs is 2. The molecule has 0 saturated heterocycles. The van der Waals surface area contributed by atoms with E-state index in [0.717, 1.165) is 0 Å². The molecular formula is C14H9NO5S. The molecule has 2 aromatic rings. The van der Waals surface area contributed by atoms with Gasteiger partial charge in [0.25, 0.3) is 11.0 Å². The van der Waals surface area contributed by atoms with Crippen molar-refractivity contribution in [3.63, 3.8) is 0 Å². The Morgan fingerprint density at radius 3 is 2.10 bits per heavy atom. The van der Waals surface area contributed by atoms with E-state index in [1.165, 1.54) is 18.2 Å². The fourth-order valence-corrected chi connectivity index (χ4v) is 2.67. The third-order valence-electron chi connectivity index (χ3n) is 3.27. The number of hydrogen-bond donors (Lipinski definition) is 2. The van der Waals surface area contributed by atoms with Gasteiger partial charge in [-0.3, -0.25) is 9.59 Å². The lowest BCUT2D eigenvalue weighted by Crippen LogP contribution is -2.22. The van der Waals surface area contributed by atoms with Crippen LogP contribution in [-0.4, -0.2) is 20.0 Å². The summed E-state index contributed by atoms with van der Waals surface area (Å²) >= 11 is 0. The molecule has 6 nitrogen and oxygen atoms in total. The molecule has 0 spiro atoms. The highest BCUT2D eigenvalue weighted by Crippen LogP contribution is 2.35. The molecule has 21 heavy (non-hydrogen) atoms. The molecular weight excluding hydrogens is 294 g/mol. The summed E-state index contributed by atoms with van der Waals surface area (Å²) in [5.74, 6) is -0.917. The average molecular weight is 303 g/mol. The number of rotatable bonds is 2. The van der Waals surface area contributed by atoms with Crippen LogP contribution >= 0.6 is 0 Å². The molecule has 106 valence electrons. The average Bonchev–Trinajstić information content (AvgIpc) is 2.46. The van der Waals surface area contributed by atoms with Gasteiger partial charge in [0.1, 0.15) is 0 Å². The zero-order chi connectivity index (χ0) is 15.1. The van der Waals surface area contributed by atoms with E-state index >= 15 is 0 Å². The van der Waals surface area contributed by atoms with Gasteiger partial charge in [-0.1, -0.05) is 24.3 Å². The first-order valence-electron chi connectivity index (χ1n) is 5.94. The fourth-order valence-electron chi connectivity index (χ4n) is 2.35. The largest absolute Gasteiger partial charge is 0.395 e. The highest BCUT2D eigenvalue weighted by molar-refractivity contribution is 7.67. The zero-order valence-corrected chi connectivity index (χ0v) is 11.4. The van der Waals surface area contributed by atoms with E-state index in [1.54, 1.807) is 18.2 Å². The summed E-state index contributed by atoms with van der Waals surface area (Å²) < 4.78 is 25.8. The normalized spacial score (nSPS) is 13.0. The number of carbonyl (C=O) groups is 2. The van der Waals surface area contributed by atoms with Crippen molar-refractivity contribution in [2.75, 3.05) is 5.73 Å². The summed E-state index contributed by atoms with van der Waals surface area (Å²) in [6.07, 6.45) is 0. The lowest BCUT2D eigenvalue weighted by molar-refractivity contribution is 0.0979. The first-order chi connectivity index (χ1) is 10.0. The lowest BCUT2D eigenvalue weighted by atomic mass is 9.83. The fraction of sp³-hybridized carbons (Fsp3) is 0. The van der Waals surface area contributed by atoms with Crippen LogP contribution in [0.4, 0.5) is 5.69 Å². The van der Waals surface area contributed by atoms with Gasteiger partial charge in [0.05, 0.1) is 11.3 Å². The van der Waals surface area contributed by atoms with Gasteiger partial charge in [-0.25, -0.2) is 0 Å². The van der Waals surface area contributed by atoms with Gasteiger partial charge in [-0.05, 0) is 12.1 Å². The van der Waals surface area contributed by atoms with Crippen LogP contribution < -0.4 is 9.92 Å². The predicted molar refractivity (Wildman–Crippen MR) is 75.1 cm³/mol. The Morgan fingerprint density at radius 2 is 1.48 bits per heavy atom.